The number of alkyl carbamates (subject to hydrolysis) is 1. The topological polar surface area (TPSA) is 95.9 Å². The maximum Gasteiger partial charge on any atom is 0.407 e. The van der Waals surface area contributed by atoms with E-state index in [-0.39, 0.29) is 37.4 Å². The molecule has 0 bridgehead atoms. The Balaban J connectivity index is 1.42. The molecule has 2 aromatic rings. The van der Waals surface area contributed by atoms with Crippen LogP contribution in [0, 0.1) is 11.3 Å². The molecule has 1 aliphatic carbocycles. The van der Waals surface area contributed by atoms with Crippen molar-refractivity contribution in [2.75, 3.05) is 19.7 Å². The molecule has 1 saturated heterocycles. The number of carbonyl (C=O) groups excluding carboxylic acids is 2. The Labute approximate surface area is 200 Å². The maximum absolute atomic E-state index is 13.1. The molecule has 0 radical (unpaired) electrons. The van der Waals surface area contributed by atoms with Crippen LogP contribution in [-0.2, 0) is 14.3 Å². The van der Waals surface area contributed by atoms with E-state index in [4.69, 9.17) is 4.74 Å². The van der Waals surface area contributed by atoms with E-state index in [2.05, 4.69) is 29.6 Å². The van der Waals surface area contributed by atoms with E-state index >= 15 is 0 Å². The van der Waals surface area contributed by atoms with Crippen molar-refractivity contribution in [2.45, 2.75) is 45.6 Å². The fourth-order valence-corrected chi connectivity index (χ4v) is 5.00. The van der Waals surface area contributed by atoms with Gasteiger partial charge in [0.25, 0.3) is 0 Å². The van der Waals surface area contributed by atoms with Gasteiger partial charge in [-0.1, -0.05) is 75.7 Å². The number of carboxylic acid groups (broad SMARTS) is 1. The zero-order chi connectivity index (χ0) is 24.5. The number of benzene rings is 2. The van der Waals surface area contributed by atoms with E-state index in [0.717, 1.165) is 22.3 Å². The molecule has 0 saturated carbocycles. The normalized spacial score (nSPS) is 17.7. The Hall–Kier alpha value is -3.35. The van der Waals surface area contributed by atoms with Crippen LogP contribution in [0.15, 0.2) is 48.5 Å². The van der Waals surface area contributed by atoms with Crippen LogP contribution < -0.4 is 5.32 Å². The molecule has 0 spiro atoms. The first-order valence-electron chi connectivity index (χ1n) is 11.9. The number of likely N-dealkylation sites (tertiary alicyclic amines) is 1. The van der Waals surface area contributed by atoms with E-state index in [1.165, 1.54) is 4.90 Å². The average molecular weight is 465 g/mol. The number of nitrogens with one attached hydrogen (secondary N) is 1. The predicted molar refractivity (Wildman–Crippen MR) is 128 cm³/mol. The molecule has 1 fully saturated rings. The third kappa shape index (κ3) is 4.15. The molecule has 2 aromatic carbocycles. The summed E-state index contributed by atoms with van der Waals surface area (Å²) in [6.45, 7) is 6.17. The lowest BCUT2D eigenvalue weighted by atomic mass is 9.76. The van der Waals surface area contributed by atoms with E-state index < -0.39 is 23.5 Å². The third-order valence-electron chi connectivity index (χ3n) is 7.53. The maximum atomic E-state index is 13.1. The molecule has 2 atom stereocenters. The van der Waals surface area contributed by atoms with Crippen molar-refractivity contribution in [1.29, 1.82) is 0 Å². The molecule has 0 aromatic heterocycles. The van der Waals surface area contributed by atoms with Gasteiger partial charge < -0.3 is 20.1 Å². The molecule has 2 aliphatic rings. The van der Waals surface area contributed by atoms with Crippen LogP contribution in [0.3, 0.4) is 0 Å². The number of carbonyl (C=O) groups is 3. The van der Waals surface area contributed by atoms with Crippen molar-refractivity contribution in [3.63, 3.8) is 0 Å². The molecule has 1 heterocycles. The van der Waals surface area contributed by atoms with Gasteiger partial charge in [-0.2, -0.15) is 0 Å². The van der Waals surface area contributed by atoms with Gasteiger partial charge in [-0.15, -0.1) is 0 Å². The highest BCUT2D eigenvalue weighted by atomic mass is 16.5. The third-order valence-corrected chi connectivity index (χ3v) is 7.53. The van der Waals surface area contributed by atoms with Gasteiger partial charge in [0.05, 0.1) is 0 Å². The monoisotopic (exact) mass is 464 g/mol. The van der Waals surface area contributed by atoms with Gasteiger partial charge in [0.15, 0.2) is 0 Å². The predicted octanol–water partition coefficient (Wildman–Crippen LogP) is 4.26. The van der Waals surface area contributed by atoms with E-state index in [1.807, 2.05) is 45.0 Å². The summed E-state index contributed by atoms with van der Waals surface area (Å²) in [6.07, 6.45) is 0.507. The first-order valence-corrected chi connectivity index (χ1v) is 11.9. The summed E-state index contributed by atoms with van der Waals surface area (Å²) in [5.41, 5.74) is 3.65. The molecule has 7 heteroatoms. The second kappa shape index (κ2) is 9.49. The molecule has 180 valence electrons. The highest BCUT2D eigenvalue weighted by molar-refractivity contribution is 5.89. The fourth-order valence-electron chi connectivity index (χ4n) is 5.00. The number of ether oxygens (including phenoxy) is 1. The fraction of sp³-hybridized carbons (Fsp3) is 0.444. The quantitative estimate of drug-likeness (QED) is 0.609. The largest absolute Gasteiger partial charge is 0.481 e. The lowest BCUT2D eigenvalue weighted by Crippen LogP contribution is -2.65. The van der Waals surface area contributed by atoms with Crippen LogP contribution in [0.5, 0.6) is 0 Å². The summed E-state index contributed by atoms with van der Waals surface area (Å²) < 4.78 is 5.63. The van der Waals surface area contributed by atoms with Crippen LogP contribution >= 0.6 is 0 Å². The van der Waals surface area contributed by atoms with E-state index in [9.17, 15) is 19.5 Å². The zero-order valence-electron chi connectivity index (χ0n) is 19.9. The molecular formula is C27H32N2O5. The Bertz CT molecular complexity index is 1050. The minimum atomic E-state index is -0.889. The van der Waals surface area contributed by atoms with Crippen LogP contribution in [-0.4, -0.2) is 53.7 Å². The molecule has 2 N–H and O–H groups in total. The number of rotatable bonds is 8. The summed E-state index contributed by atoms with van der Waals surface area (Å²) in [5.74, 6) is -1.32. The highest BCUT2D eigenvalue weighted by Gasteiger charge is 2.51. The van der Waals surface area contributed by atoms with Crippen molar-refractivity contribution in [2.24, 2.45) is 11.3 Å². The average Bonchev–Trinajstić information content (AvgIpc) is 3.13. The van der Waals surface area contributed by atoms with Gasteiger partial charge in [-0.25, -0.2) is 4.79 Å². The number of nitrogens with zero attached hydrogens (tertiary/aromatic N) is 1. The minimum Gasteiger partial charge on any atom is -0.481 e. The number of hydrogen-bond acceptors (Lipinski definition) is 4. The van der Waals surface area contributed by atoms with Crippen LogP contribution in [0.25, 0.3) is 11.1 Å². The summed E-state index contributed by atoms with van der Waals surface area (Å²) in [7, 11) is 0. The lowest BCUT2D eigenvalue weighted by Gasteiger charge is -2.48. The summed E-state index contributed by atoms with van der Waals surface area (Å²) in [6, 6.07) is 15.5. The SMILES string of the molecule is CCC(C)[C@H](NC(=O)OCC1c2ccccc2-c2ccccc21)C(=O)N1CC(CC)(C(=O)O)C1. The van der Waals surface area contributed by atoms with Crippen LogP contribution in [0.1, 0.15) is 50.7 Å². The summed E-state index contributed by atoms with van der Waals surface area (Å²) in [5, 5.41) is 12.3. The van der Waals surface area contributed by atoms with Crippen LogP contribution in [0.4, 0.5) is 4.79 Å². The van der Waals surface area contributed by atoms with Crippen LogP contribution in [0.2, 0.25) is 0 Å². The van der Waals surface area contributed by atoms with Crippen molar-refractivity contribution in [1.82, 2.24) is 10.2 Å². The van der Waals surface area contributed by atoms with Gasteiger partial charge in [0, 0.05) is 19.0 Å². The molecule has 2 amide bonds. The minimum absolute atomic E-state index is 0.0629. The van der Waals surface area contributed by atoms with Gasteiger partial charge in [0.1, 0.15) is 18.1 Å². The van der Waals surface area contributed by atoms with Crippen molar-refractivity contribution in [3.05, 3.63) is 59.7 Å². The van der Waals surface area contributed by atoms with Gasteiger partial charge in [-0.3, -0.25) is 9.59 Å². The van der Waals surface area contributed by atoms with E-state index in [1.54, 1.807) is 0 Å². The molecule has 1 aliphatic heterocycles. The Morgan fingerprint density at radius 1 is 1.06 bits per heavy atom. The molecule has 1 unspecified atom stereocenters. The molecule has 4 rings (SSSR count). The smallest absolute Gasteiger partial charge is 0.407 e. The van der Waals surface area contributed by atoms with Gasteiger partial charge in [-0.05, 0) is 34.6 Å². The van der Waals surface area contributed by atoms with Crippen molar-refractivity contribution >= 4 is 18.0 Å². The number of amides is 2. The molecular weight excluding hydrogens is 432 g/mol. The number of carboxylic acids is 1. The van der Waals surface area contributed by atoms with Crippen molar-refractivity contribution in [3.8, 4) is 11.1 Å². The Morgan fingerprint density at radius 2 is 1.62 bits per heavy atom. The van der Waals surface area contributed by atoms with E-state index in [0.29, 0.717) is 12.8 Å². The number of aliphatic carboxylic acids is 1. The van der Waals surface area contributed by atoms with Gasteiger partial charge in [0.2, 0.25) is 5.91 Å². The summed E-state index contributed by atoms with van der Waals surface area (Å²) in [4.78, 5) is 39.0. The Morgan fingerprint density at radius 3 is 2.12 bits per heavy atom. The second-order valence-electron chi connectivity index (χ2n) is 9.47. The van der Waals surface area contributed by atoms with Crippen molar-refractivity contribution < 1.29 is 24.2 Å². The highest BCUT2D eigenvalue weighted by Crippen LogP contribution is 2.44. The lowest BCUT2D eigenvalue weighted by molar-refractivity contribution is -0.167. The first kappa shape index (κ1) is 23.8. The second-order valence-corrected chi connectivity index (χ2v) is 9.47. The number of hydrogen-bond donors (Lipinski definition) is 2. The van der Waals surface area contributed by atoms with Gasteiger partial charge >= 0.3 is 12.1 Å². The molecule has 34 heavy (non-hydrogen) atoms. The summed E-state index contributed by atoms with van der Waals surface area (Å²) >= 11 is 0. The standard InChI is InChI=1S/C27H32N2O5/c1-4-17(3)23(24(30)29-15-27(5-2,16-29)25(31)32)28-26(33)34-14-22-20-12-8-6-10-18(20)19-11-7-9-13-21(19)22/h6-13,17,22-23H,4-5,14-16H2,1-3H3,(H,28,33)(H,31,32)/t17?,23-/m0/s1. The zero-order valence-corrected chi connectivity index (χ0v) is 19.9. The Kier molecular flexibility index (Phi) is 6.64. The number of fused-ring (bicyclic) bond motifs is 3. The molecule has 7 nitrogen and oxygen atoms in total. The first-order chi connectivity index (χ1) is 16.3.